The van der Waals surface area contributed by atoms with Crippen LogP contribution in [0.15, 0.2) is 66.7 Å². The lowest BCUT2D eigenvalue weighted by atomic mass is 9.97. The third-order valence-electron chi connectivity index (χ3n) is 4.27. The Morgan fingerprint density at radius 1 is 0.840 bits per heavy atom. The van der Waals surface area contributed by atoms with Crippen molar-refractivity contribution in [1.29, 1.82) is 0 Å². The van der Waals surface area contributed by atoms with Crippen LogP contribution in [0.3, 0.4) is 0 Å². The van der Waals surface area contributed by atoms with Crippen molar-refractivity contribution in [2.75, 3.05) is 7.11 Å². The van der Waals surface area contributed by atoms with Gasteiger partial charge in [-0.1, -0.05) is 54.6 Å². The van der Waals surface area contributed by atoms with Gasteiger partial charge in [-0.05, 0) is 29.3 Å². The monoisotopic (exact) mass is 332 g/mol. The van der Waals surface area contributed by atoms with Gasteiger partial charge in [0.05, 0.1) is 7.11 Å². The highest BCUT2D eigenvalue weighted by atomic mass is 16.5. The number of hydrogen-bond acceptors (Lipinski definition) is 3. The number of rotatable bonds is 7. The van der Waals surface area contributed by atoms with Crippen LogP contribution >= 0.6 is 0 Å². The lowest BCUT2D eigenvalue weighted by Gasteiger charge is -2.09. The van der Waals surface area contributed by atoms with E-state index >= 15 is 0 Å². The van der Waals surface area contributed by atoms with Crippen LogP contribution < -0.4 is 4.74 Å². The molecule has 0 spiro atoms. The number of carbonyl (C=O) groups is 2. The van der Waals surface area contributed by atoms with Crippen LogP contribution in [0.5, 0.6) is 5.75 Å². The predicted molar refractivity (Wildman–Crippen MR) is 99.5 cm³/mol. The van der Waals surface area contributed by atoms with Gasteiger partial charge in [0.15, 0.2) is 11.6 Å². The molecule has 0 atom stereocenters. The summed E-state index contributed by atoms with van der Waals surface area (Å²) in [6.07, 6.45) is 1.26. The van der Waals surface area contributed by atoms with E-state index in [2.05, 4.69) is 0 Å². The minimum atomic E-state index is 0.0379. The van der Waals surface area contributed by atoms with Gasteiger partial charge in [0.2, 0.25) is 0 Å². The standard InChI is InChI=1S/C22H20O3/c1-25-18-14-17-10-5-6-11-19(17)20(15-18)22(24)13-7-12-21(23)16-8-3-2-4-9-16/h2-6,8-11,14-15H,7,12-13H2,1H3. The van der Waals surface area contributed by atoms with Gasteiger partial charge in [-0.15, -0.1) is 0 Å². The maximum Gasteiger partial charge on any atom is 0.163 e. The fourth-order valence-electron chi connectivity index (χ4n) is 2.94. The van der Waals surface area contributed by atoms with Gasteiger partial charge < -0.3 is 4.74 Å². The van der Waals surface area contributed by atoms with Gasteiger partial charge in [-0.2, -0.15) is 0 Å². The molecule has 0 aliphatic heterocycles. The smallest absolute Gasteiger partial charge is 0.163 e. The Labute approximate surface area is 147 Å². The molecule has 25 heavy (non-hydrogen) atoms. The van der Waals surface area contributed by atoms with Crippen LogP contribution in [0.25, 0.3) is 10.8 Å². The first-order valence-corrected chi connectivity index (χ1v) is 8.37. The third kappa shape index (κ3) is 3.94. The molecule has 3 nitrogen and oxygen atoms in total. The van der Waals surface area contributed by atoms with E-state index in [4.69, 9.17) is 4.74 Å². The van der Waals surface area contributed by atoms with Gasteiger partial charge in [-0.25, -0.2) is 0 Å². The highest BCUT2D eigenvalue weighted by Gasteiger charge is 2.13. The van der Waals surface area contributed by atoms with Crippen molar-refractivity contribution >= 4 is 22.3 Å². The molecule has 3 rings (SSSR count). The normalized spacial score (nSPS) is 10.6. The van der Waals surface area contributed by atoms with Crippen LogP contribution in [0.4, 0.5) is 0 Å². The lowest BCUT2D eigenvalue weighted by Crippen LogP contribution is -2.04. The first kappa shape index (κ1) is 16.9. The van der Waals surface area contributed by atoms with Crippen molar-refractivity contribution in [1.82, 2.24) is 0 Å². The van der Waals surface area contributed by atoms with Crippen molar-refractivity contribution in [2.45, 2.75) is 19.3 Å². The quantitative estimate of drug-likeness (QED) is 0.566. The topological polar surface area (TPSA) is 43.4 Å². The van der Waals surface area contributed by atoms with Gasteiger partial charge in [-0.3, -0.25) is 9.59 Å². The molecule has 0 saturated carbocycles. The summed E-state index contributed by atoms with van der Waals surface area (Å²) in [6.45, 7) is 0. The summed E-state index contributed by atoms with van der Waals surface area (Å²) in [5.41, 5.74) is 1.35. The van der Waals surface area contributed by atoms with E-state index < -0.39 is 0 Å². The SMILES string of the molecule is COc1cc(C(=O)CCCC(=O)c2ccccc2)c2ccccc2c1. The zero-order chi connectivity index (χ0) is 17.6. The van der Waals surface area contributed by atoms with Crippen LogP contribution in [-0.2, 0) is 0 Å². The molecule has 0 fully saturated rings. The molecule has 0 amide bonds. The van der Waals surface area contributed by atoms with Crippen molar-refractivity contribution < 1.29 is 14.3 Å². The van der Waals surface area contributed by atoms with Crippen LogP contribution in [0.1, 0.15) is 40.0 Å². The fourth-order valence-corrected chi connectivity index (χ4v) is 2.94. The number of methoxy groups -OCH3 is 1. The number of ketones is 2. The summed E-state index contributed by atoms with van der Waals surface area (Å²) in [7, 11) is 1.59. The molecule has 126 valence electrons. The van der Waals surface area contributed by atoms with Crippen LogP contribution in [-0.4, -0.2) is 18.7 Å². The Kier molecular flexibility index (Phi) is 5.24. The number of benzene rings is 3. The third-order valence-corrected chi connectivity index (χ3v) is 4.27. The fraction of sp³-hybridized carbons (Fsp3) is 0.182. The Morgan fingerprint density at radius 3 is 2.28 bits per heavy atom. The molecule has 3 aromatic rings. The van der Waals surface area contributed by atoms with Crippen molar-refractivity contribution in [2.24, 2.45) is 0 Å². The molecule has 0 heterocycles. The molecule has 0 aliphatic carbocycles. The Morgan fingerprint density at radius 2 is 1.52 bits per heavy atom. The van der Waals surface area contributed by atoms with E-state index in [1.54, 1.807) is 25.3 Å². The average molecular weight is 332 g/mol. The molecule has 0 unspecified atom stereocenters. The van der Waals surface area contributed by atoms with E-state index in [0.29, 0.717) is 36.1 Å². The van der Waals surface area contributed by atoms with Gasteiger partial charge >= 0.3 is 0 Å². The highest BCUT2D eigenvalue weighted by molar-refractivity contribution is 6.09. The van der Waals surface area contributed by atoms with E-state index in [-0.39, 0.29) is 11.6 Å². The van der Waals surface area contributed by atoms with Crippen molar-refractivity contribution in [3.8, 4) is 5.75 Å². The zero-order valence-electron chi connectivity index (χ0n) is 14.2. The zero-order valence-corrected chi connectivity index (χ0v) is 14.2. The van der Waals surface area contributed by atoms with Crippen molar-refractivity contribution in [3.05, 3.63) is 77.9 Å². The molecule has 3 heteroatoms. The maximum absolute atomic E-state index is 12.7. The first-order chi connectivity index (χ1) is 12.2. The number of hydrogen-bond donors (Lipinski definition) is 0. The largest absolute Gasteiger partial charge is 0.497 e. The second-order valence-corrected chi connectivity index (χ2v) is 5.96. The predicted octanol–water partition coefficient (Wildman–Crippen LogP) is 5.08. The molecule has 0 N–H and O–H groups in total. The second-order valence-electron chi connectivity index (χ2n) is 5.96. The summed E-state index contributed by atoms with van der Waals surface area (Å²) < 4.78 is 5.31. The lowest BCUT2D eigenvalue weighted by molar-refractivity contribution is 0.0958. The molecule has 0 radical (unpaired) electrons. The van der Waals surface area contributed by atoms with Gasteiger partial charge in [0.1, 0.15) is 5.75 Å². The Bertz CT molecular complexity index is 898. The van der Waals surface area contributed by atoms with E-state index in [1.807, 2.05) is 48.5 Å². The summed E-state index contributed by atoms with van der Waals surface area (Å²) in [4.78, 5) is 24.8. The summed E-state index contributed by atoms with van der Waals surface area (Å²) in [5.74, 6) is 0.780. The van der Waals surface area contributed by atoms with E-state index in [0.717, 1.165) is 10.8 Å². The maximum atomic E-state index is 12.7. The molecular formula is C22H20O3. The number of carbonyl (C=O) groups excluding carboxylic acids is 2. The molecule has 0 bridgehead atoms. The van der Waals surface area contributed by atoms with Crippen LogP contribution in [0.2, 0.25) is 0 Å². The molecule has 3 aromatic carbocycles. The van der Waals surface area contributed by atoms with E-state index in [9.17, 15) is 9.59 Å². The first-order valence-electron chi connectivity index (χ1n) is 8.37. The number of Topliss-reactive ketones (excluding diaryl/α,β-unsaturated/α-hetero) is 2. The van der Waals surface area contributed by atoms with Gasteiger partial charge in [0.25, 0.3) is 0 Å². The molecule has 0 aromatic heterocycles. The van der Waals surface area contributed by atoms with Crippen LogP contribution in [0, 0.1) is 0 Å². The molecule has 0 saturated heterocycles. The summed E-state index contributed by atoms with van der Waals surface area (Å²) in [5, 5.41) is 1.90. The minimum absolute atomic E-state index is 0.0379. The summed E-state index contributed by atoms with van der Waals surface area (Å²) in [6, 6.07) is 20.7. The Balaban J connectivity index is 1.71. The number of fused-ring (bicyclic) bond motifs is 1. The molecular weight excluding hydrogens is 312 g/mol. The van der Waals surface area contributed by atoms with Crippen molar-refractivity contribution in [3.63, 3.8) is 0 Å². The Hall–Kier alpha value is -2.94. The average Bonchev–Trinajstić information content (AvgIpc) is 2.67. The minimum Gasteiger partial charge on any atom is -0.497 e. The second kappa shape index (κ2) is 7.75. The number of ether oxygens (including phenoxy) is 1. The van der Waals surface area contributed by atoms with Gasteiger partial charge in [0, 0.05) is 24.0 Å². The summed E-state index contributed by atoms with van der Waals surface area (Å²) >= 11 is 0. The van der Waals surface area contributed by atoms with E-state index in [1.165, 1.54) is 0 Å². The molecule has 0 aliphatic rings. The highest BCUT2D eigenvalue weighted by Crippen LogP contribution is 2.26.